The third-order valence-corrected chi connectivity index (χ3v) is 4.16. The molecule has 1 N–H and O–H groups in total. The molecule has 1 saturated heterocycles. The van der Waals surface area contributed by atoms with Gasteiger partial charge in [0.05, 0.1) is 5.69 Å². The van der Waals surface area contributed by atoms with Crippen LogP contribution < -0.4 is 5.32 Å². The van der Waals surface area contributed by atoms with Crippen molar-refractivity contribution in [1.29, 1.82) is 0 Å². The van der Waals surface area contributed by atoms with Crippen molar-refractivity contribution in [2.45, 2.75) is 12.1 Å². The van der Waals surface area contributed by atoms with Crippen molar-refractivity contribution in [2.24, 2.45) is 0 Å². The molecule has 0 aliphatic carbocycles. The lowest BCUT2D eigenvalue weighted by molar-refractivity contribution is 0.132. The quantitative estimate of drug-likeness (QED) is 0.717. The van der Waals surface area contributed by atoms with E-state index >= 15 is 0 Å². The average Bonchev–Trinajstić information content (AvgIpc) is 3.10. The summed E-state index contributed by atoms with van der Waals surface area (Å²) in [5.74, 6) is 6.28. The molecule has 4 heteroatoms. The maximum Gasteiger partial charge on any atom is 0.408 e. The van der Waals surface area contributed by atoms with Crippen molar-refractivity contribution in [1.82, 2.24) is 10.3 Å². The second-order valence-electron chi connectivity index (χ2n) is 5.94. The number of amides is 1. The monoisotopic (exact) mass is 340 g/mol. The van der Waals surface area contributed by atoms with E-state index in [1.54, 1.807) is 6.20 Å². The van der Waals surface area contributed by atoms with Crippen molar-refractivity contribution >= 4 is 6.09 Å². The van der Waals surface area contributed by atoms with Gasteiger partial charge in [0.1, 0.15) is 6.04 Å². The Balaban J connectivity index is 1.63. The average molecular weight is 340 g/mol. The zero-order valence-corrected chi connectivity index (χ0v) is 13.9. The first kappa shape index (κ1) is 15.9. The highest BCUT2D eigenvalue weighted by Gasteiger charge is 2.37. The summed E-state index contributed by atoms with van der Waals surface area (Å²) in [7, 11) is 0. The minimum Gasteiger partial charge on any atom is -0.439 e. The number of aromatic nitrogens is 1. The number of hydrogen-bond acceptors (Lipinski definition) is 3. The fourth-order valence-corrected chi connectivity index (χ4v) is 2.91. The standard InChI is InChI=1S/C22H16N2O2/c25-22-24-20(21(26-22)18-9-5-2-6-10-18)19-15-17(13-14-23-19)12-11-16-7-3-1-4-8-16/h1-10,13-15,20-21H,(H,24,25)/t20-,21-/m1/s1. The number of nitrogens with one attached hydrogen (secondary N) is 1. The molecule has 2 atom stereocenters. The molecule has 4 nitrogen and oxygen atoms in total. The Kier molecular flexibility index (Phi) is 4.36. The van der Waals surface area contributed by atoms with E-state index in [1.165, 1.54) is 0 Å². The van der Waals surface area contributed by atoms with Crippen LogP contribution in [0.3, 0.4) is 0 Å². The van der Waals surface area contributed by atoms with Gasteiger partial charge in [0.15, 0.2) is 6.10 Å². The molecule has 0 bridgehead atoms. The van der Waals surface area contributed by atoms with Gasteiger partial charge in [0.2, 0.25) is 0 Å². The maximum absolute atomic E-state index is 11.8. The highest BCUT2D eigenvalue weighted by Crippen LogP contribution is 2.35. The molecular weight excluding hydrogens is 324 g/mol. The molecule has 2 aromatic carbocycles. The number of hydrogen-bond donors (Lipinski definition) is 1. The first-order valence-corrected chi connectivity index (χ1v) is 8.35. The van der Waals surface area contributed by atoms with Crippen LogP contribution in [0.5, 0.6) is 0 Å². The van der Waals surface area contributed by atoms with Crippen LogP contribution in [0, 0.1) is 11.8 Å². The summed E-state index contributed by atoms with van der Waals surface area (Å²) in [4.78, 5) is 16.2. The third-order valence-electron chi connectivity index (χ3n) is 4.16. The lowest BCUT2D eigenvalue weighted by Crippen LogP contribution is -2.20. The molecule has 1 aromatic heterocycles. The maximum atomic E-state index is 11.8. The Bertz CT molecular complexity index is 975. The van der Waals surface area contributed by atoms with E-state index < -0.39 is 12.2 Å². The topological polar surface area (TPSA) is 51.2 Å². The number of ether oxygens (including phenoxy) is 1. The molecule has 1 aliphatic rings. The molecule has 0 saturated carbocycles. The van der Waals surface area contributed by atoms with Gasteiger partial charge in [-0.3, -0.25) is 4.98 Å². The van der Waals surface area contributed by atoms with E-state index in [2.05, 4.69) is 22.1 Å². The lowest BCUT2D eigenvalue weighted by atomic mass is 9.99. The Labute approximate surface area is 151 Å². The van der Waals surface area contributed by atoms with Crippen LogP contribution in [0.15, 0.2) is 79.0 Å². The summed E-state index contributed by atoms with van der Waals surface area (Å²) >= 11 is 0. The van der Waals surface area contributed by atoms with Crippen LogP contribution >= 0.6 is 0 Å². The van der Waals surface area contributed by atoms with E-state index in [-0.39, 0.29) is 6.04 Å². The number of carbonyl (C=O) groups is 1. The predicted octanol–water partition coefficient (Wildman–Crippen LogP) is 4.00. The van der Waals surface area contributed by atoms with Crippen LogP contribution in [0.4, 0.5) is 4.79 Å². The summed E-state index contributed by atoms with van der Waals surface area (Å²) in [5.41, 5.74) is 3.44. The van der Waals surface area contributed by atoms with Crippen LogP contribution in [0.2, 0.25) is 0 Å². The fraction of sp³-hybridized carbons (Fsp3) is 0.0909. The first-order valence-electron chi connectivity index (χ1n) is 8.35. The van der Waals surface area contributed by atoms with Crippen molar-refractivity contribution in [2.75, 3.05) is 0 Å². The highest BCUT2D eigenvalue weighted by molar-refractivity contribution is 5.71. The first-order chi connectivity index (χ1) is 12.8. The number of cyclic esters (lactones) is 1. The van der Waals surface area contributed by atoms with Crippen LogP contribution in [-0.4, -0.2) is 11.1 Å². The minimum atomic E-state index is -0.438. The van der Waals surface area contributed by atoms with Crippen molar-refractivity contribution in [3.8, 4) is 11.8 Å². The molecule has 4 rings (SSSR count). The van der Waals surface area contributed by atoms with Crippen LogP contribution in [-0.2, 0) is 4.74 Å². The number of benzene rings is 2. The van der Waals surface area contributed by atoms with Gasteiger partial charge in [-0.25, -0.2) is 4.79 Å². The Morgan fingerprint density at radius 3 is 2.35 bits per heavy atom. The molecule has 1 aliphatic heterocycles. The Hall–Kier alpha value is -3.58. The van der Waals surface area contributed by atoms with Crippen molar-refractivity contribution < 1.29 is 9.53 Å². The SMILES string of the molecule is O=C1N[C@H](c2cc(C#Cc3ccccc3)ccn2)[C@@H](c2ccccc2)O1. The van der Waals surface area contributed by atoms with Gasteiger partial charge in [-0.15, -0.1) is 0 Å². The van der Waals surface area contributed by atoms with E-state index in [4.69, 9.17) is 4.74 Å². The summed E-state index contributed by atoms with van der Waals surface area (Å²) in [6.07, 6.45) is 0.858. The van der Waals surface area contributed by atoms with Crippen LogP contribution in [0.1, 0.15) is 34.5 Å². The second kappa shape index (κ2) is 7.12. The zero-order valence-electron chi connectivity index (χ0n) is 13.9. The number of rotatable bonds is 2. The van der Waals surface area contributed by atoms with Crippen molar-refractivity contribution in [3.05, 3.63) is 101 Å². The second-order valence-corrected chi connectivity index (χ2v) is 5.94. The zero-order chi connectivity index (χ0) is 17.8. The molecule has 0 radical (unpaired) electrons. The van der Waals surface area contributed by atoms with E-state index in [0.717, 1.165) is 22.4 Å². The van der Waals surface area contributed by atoms with Gasteiger partial charge in [0.25, 0.3) is 0 Å². The Morgan fingerprint density at radius 1 is 0.885 bits per heavy atom. The summed E-state index contributed by atoms with van der Waals surface area (Å²) in [6, 6.07) is 22.9. The molecular formula is C22H16N2O2. The minimum absolute atomic E-state index is 0.344. The summed E-state index contributed by atoms with van der Waals surface area (Å²) in [5, 5.41) is 2.85. The summed E-state index contributed by atoms with van der Waals surface area (Å²) < 4.78 is 5.46. The third kappa shape index (κ3) is 3.42. The Morgan fingerprint density at radius 2 is 1.58 bits per heavy atom. The lowest BCUT2D eigenvalue weighted by Gasteiger charge is -2.16. The molecule has 1 fully saturated rings. The number of nitrogens with zero attached hydrogens (tertiary/aromatic N) is 1. The molecule has 3 aromatic rings. The highest BCUT2D eigenvalue weighted by atomic mass is 16.6. The van der Waals surface area contributed by atoms with Gasteiger partial charge in [-0.2, -0.15) is 0 Å². The number of pyridine rings is 1. The molecule has 0 unspecified atom stereocenters. The van der Waals surface area contributed by atoms with E-state index in [0.29, 0.717) is 0 Å². The van der Waals surface area contributed by atoms with Crippen molar-refractivity contribution in [3.63, 3.8) is 0 Å². The van der Waals surface area contributed by atoms with Gasteiger partial charge < -0.3 is 10.1 Å². The van der Waals surface area contributed by atoms with Gasteiger partial charge in [-0.05, 0) is 29.8 Å². The fourth-order valence-electron chi connectivity index (χ4n) is 2.91. The smallest absolute Gasteiger partial charge is 0.408 e. The molecule has 126 valence electrons. The van der Waals surface area contributed by atoms with Gasteiger partial charge in [0, 0.05) is 17.3 Å². The molecule has 1 amide bonds. The predicted molar refractivity (Wildman–Crippen MR) is 98.2 cm³/mol. The molecule has 2 heterocycles. The van der Waals surface area contributed by atoms with E-state index in [9.17, 15) is 4.79 Å². The van der Waals surface area contributed by atoms with Crippen LogP contribution in [0.25, 0.3) is 0 Å². The normalized spacial score (nSPS) is 18.4. The van der Waals surface area contributed by atoms with E-state index in [1.807, 2.05) is 72.8 Å². The molecule has 26 heavy (non-hydrogen) atoms. The number of carbonyl (C=O) groups excluding carboxylic acids is 1. The van der Waals surface area contributed by atoms with Gasteiger partial charge in [-0.1, -0.05) is 60.4 Å². The summed E-state index contributed by atoms with van der Waals surface area (Å²) in [6.45, 7) is 0. The molecule has 0 spiro atoms. The van der Waals surface area contributed by atoms with Gasteiger partial charge >= 0.3 is 6.09 Å². The number of alkyl carbamates (subject to hydrolysis) is 1. The largest absolute Gasteiger partial charge is 0.439 e.